The third-order valence-electron chi connectivity index (χ3n) is 4.33. The second-order valence-corrected chi connectivity index (χ2v) is 7.53. The molecule has 0 saturated heterocycles. The second kappa shape index (κ2) is 10.7. The van der Waals surface area contributed by atoms with Gasteiger partial charge in [0.05, 0.1) is 10.6 Å². The first kappa shape index (κ1) is 25.6. The normalized spacial score (nSPS) is 17.0. The summed E-state index contributed by atoms with van der Waals surface area (Å²) in [7, 11) is 0. The molecular weight excluding hydrogens is 480 g/mol. The average Bonchev–Trinajstić information content (AvgIpc) is 2.70. The van der Waals surface area contributed by atoms with Gasteiger partial charge in [0.15, 0.2) is 0 Å². The fourth-order valence-electron chi connectivity index (χ4n) is 2.86. The Balaban J connectivity index is 2.19. The second-order valence-electron chi connectivity index (χ2n) is 6.68. The van der Waals surface area contributed by atoms with E-state index in [1.165, 1.54) is 12.1 Å². The Hall–Kier alpha value is -2.70. The largest absolute Gasteiger partial charge is 0.480 e. The monoisotopic (exact) mass is 498 g/mol. The van der Waals surface area contributed by atoms with Crippen LogP contribution in [-0.4, -0.2) is 53.0 Å². The van der Waals surface area contributed by atoms with E-state index >= 15 is 0 Å². The van der Waals surface area contributed by atoms with Gasteiger partial charge in [0, 0.05) is 17.1 Å². The van der Waals surface area contributed by atoms with E-state index in [0.29, 0.717) is 6.42 Å². The Morgan fingerprint density at radius 3 is 2.56 bits per heavy atom. The molecule has 1 amide bonds. The first-order valence-corrected chi connectivity index (χ1v) is 9.87. The number of nitrogens with zero attached hydrogens (tertiary/aromatic N) is 1. The Labute approximate surface area is 190 Å². The van der Waals surface area contributed by atoms with E-state index in [-0.39, 0.29) is 46.7 Å². The number of hydrogen-bond acceptors (Lipinski definition) is 5. The van der Waals surface area contributed by atoms with E-state index in [0.717, 1.165) is 6.08 Å². The summed E-state index contributed by atoms with van der Waals surface area (Å²) in [6.07, 6.45) is -6.17. The lowest BCUT2D eigenvalue weighted by Crippen LogP contribution is -2.47. The van der Waals surface area contributed by atoms with Gasteiger partial charge >= 0.3 is 12.1 Å². The number of carboxylic acid groups (broad SMARTS) is 1. The van der Waals surface area contributed by atoms with Gasteiger partial charge in [-0.15, -0.1) is 0 Å². The molecule has 1 aliphatic heterocycles. The molecule has 176 valence electrons. The Kier molecular flexibility index (Phi) is 8.58. The van der Waals surface area contributed by atoms with Gasteiger partial charge in [-0.3, -0.25) is 15.0 Å². The van der Waals surface area contributed by atoms with Crippen LogP contribution in [-0.2, 0) is 9.59 Å². The molecule has 0 bridgehead atoms. The van der Waals surface area contributed by atoms with Crippen molar-refractivity contribution >= 4 is 47.1 Å². The number of aliphatic carboxylic acids is 1. The summed E-state index contributed by atoms with van der Waals surface area (Å²) in [6, 6.07) is 1.01. The number of benzene rings is 1. The van der Waals surface area contributed by atoms with Crippen molar-refractivity contribution in [1.29, 1.82) is 0 Å². The number of carbonyl (C=O) groups is 2. The molecule has 0 fully saturated rings. The van der Waals surface area contributed by atoms with Gasteiger partial charge in [-0.1, -0.05) is 23.2 Å². The van der Waals surface area contributed by atoms with Crippen molar-refractivity contribution in [2.24, 2.45) is 10.7 Å². The third kappa shape index (κ3) is 6.65. The molecule has 2 atom stereocenters. The first-order chi connectivity index (χ1) is 14.9. The molecule has 0 aromatic heterocycles. The number of guanidine groups is 1. The summed E-state index contributed by atoms with van der Waals surface area (Å²) in [6.45, 7) is 0.160. The van der Waals surface area contributed by atoms with Crippen LogP contribution in [0.25, 0.3) is 6.08 Å². The van der Waals surface area contributed by atoms with Crippen molar-refractivity contribution in [3.63, 3.8) is 0 Å². The SMILES string of the molecule is NC(=NCCCCC(NC(=O)C1=Cc2cc(Cl)cc(Cl)c2O[C@@H]1C(F)(F)F)C(=O)O)NO. The van der Waals surface area contributed by atoms with Gasteiger partial charge in [-0.05, 0) is 37.5 Å². The van der Waals surface area contributed by atoms with Gasteiger partial charge in [-0.25, -0.2) is 10.3 Å². The van der Waals surface area contributed by atoms with Crippen LogP contribution in [0.3, 0.4) is 0 Å². The standard InChI is InChI=1S/C18H19Cl2F3N4O5/c19-9-5-8-6-10(14(18(21,22)23)32-13(8)11(20)7-9)15(28)26-12(16(29)30)3-1-2-4-25-17(24)27-31/h5-7,12,14,31H,1-4H2,(H,26,28)(H,29,30)(H3,24,25,27)/t12?,14-/m0/s1. The van der Waals surface area contributed by atoms with E-state index in [9.17, 15) is 27.9 Å². The Morgan fingerprint density at radius 2 is 1.97 bits per heavy atom. The maximum Gasteiger partial charge on any atom is 0.429 e. The van der Waals surface area contributed by atoms with Crippen molar-refractivity contribution in [1.82, 2.24) is 10.8 Å². The predicted molar refractivity (Wildman–Crippen MR) is 110 cm³/mol. The molecule has 32 heavy (non-hydrogen) atoms. The molecule has 14 heteroatoms. The number of carboxylic acids is 1. The molecule has 0 aliphatic carbocycles. The van der Waals surface area contributed by atoms with Crippen molar-refractivity contribution in [3.05, 3.63) is 33.3 Å². The molecule has 1 aromatic rings. The van der Waals surface area contributed by atoms with E-state index in [4.69, 9.17) is 38.9 Å². The summed E-state index contributed by atoms with van der Waals surface area (Å²) in [5, 5.41) is 19.9. The number of nitrogens with one attached hydrogen (secondary N) is 2. The smallest absolute Gasteiger partial charge is 0.429 e. The molecule has 0 radical (unpaired) electrons. The van der Waals surface area contributed by atoms with Crippen molar-refractivity contribution in [2.45, 2.75) is 37.6 Å². The average molecular weight is 499 g/mol. The third-order valence-corrected chi connectivity index (χ3v) is 4.83. The summed E-state index contributed by atoms with van der Waals surface area (Å²) in [4.78, 5) is 27.8. The quantitative estimate of drug-likeness (QED) is 0.160. The Morgan fingerprint density at radius 1 is 1.28 bits per heavy atom. The summed E-state index contributed by atoms with van der Waals surface area (Å²) >= 11 is 11.8. The summed E-state index contributed by atoms with van der Waals surface area (Å²) in [5.74, 6) is -3.20. The van der Waals surface area contributed by atoms with Crippen LogP contribution >= 0.6 is 23.2 Å². The number of hydroxylamine groups is 1. The lowest BCUT2D eigenvalue weighted by Gasteiger charge is -2.29. The number of unbranched alkanes of at least 4 members (excludes halogenated alkanes) is 1. The van der Waals surface area contributed by atoms with Crippen LogP contribution < -0.4 is 21.3 Å². The van der Waals surface area contributed by atoms with E-state index < -0.39 is 35.8 Å². The molecule has 6 N–H and O–H groups in total. The number of aliphatic imine (C=N–C) groups is 1. The number of amides is 1. The van der Waals surface area contributed by atoms with Crippen LogP contribution in [0, 0.1) is 0 Å². The molecule has 1 heterocycles. The number of fused-ring (bicyclic) bond motifs is 1. The van der Waals surface area contributed by atoms with Crippen LogP contribution in [0.4, 0.5) is 13.2 Å². The minimum absolute atomic E-state index is 0.0490. The van der Waals surface area contributed by atoms with E-state index in [1.54, 1.807) is 5.48 Å². The molecule has 2 rings (SSSR count). The zero-order valence-corrected chi connectivity index (χ0v) is 17.8. The number of hydrogen-bond donors (Lipinski definition) is 5. The molecule has 1 unspecified atom stereocenters. The molecule has 0 saturated carbocycles. The highest BCUT2D eigenvalue weighted by Gasteiger charge is 2.49. The van der Waals surface area contributed by atoms with E-state index in [1.807, 2.05) is 0 Å². The minimum atomic E-state index is -4.97. The number of rotatable bonds is 8. The van der Waals surface area contributed by atoms with Crippen LogP contribution in [0.2, 0.25) is 10.0 Å². The number of halogens is 5. The topological polar surface area (TPSA) is 146 Å². The van der Waals surface area contributed by atoms with Crippen molar-refractivity contribution in [3.8, 4) is 5.75 Å². The van der Waals surface area contributed by atoms with Crippen LogP contribution in [0.15, 0.2) is 22.7 Å². The maximum absolute atomic E-state index is 13.6. The fourth-order valence-corrected chi connectivity index (χ4v) is 3.41. The lowest BCUT2D eigenvalue weighted by atomic mass is 9.99. The highest BCUT2D eigenvalue weighted by atomic mass is 35.5. The van der Waals surface area contributed by atoms with Crippen LogP contribution in [0.1, 0.15) is 24.8 Å². The van der Waals surface area contributed by atoms with Crippen LogP contribution in [0.5, 0.6) is 5.75 Å². The highest BCUT2D eigenvalue weighted by Crippen LogP contribution is 2.42. The molecule has 1 aliphatic rings. The number of nitrogens with two attached hydrogens (primary N) is 1. The zero-order valence-electron chi connectivity index (χ0n) is 16.2. The first-order valence-electron chi connectivity index (χ1n) is 9.11. The van der Waals surface area contributed by atoms with Gasteiger partial charge in [-0.2, -0.15) is 13.2 Å². The van der Waals surface area contributed by atoms with E-state index in [2.05, 4.69) is 10.3 Å². The maximum atomic E-state index is 13.6. The fraction of sp³-hybridized carbons (Fsp3) is 0.389. The van der Waals surface area contributed by atoms with Gasteiger partial charge in [0.2, 0.25) is 12.1 Å². The molecule has 0 spiro atoms. The number of ether oxygens (including phenoxy) is 1. The molecular formula is C18H19Cl2F3N4O5. The number of alkyl halides is 3. The predicted octanol–water partition coefficient (Wildman–Crippen LogP) is 2.73. The van der Waals surface area contributed by atoms with Gasteiger partial charge in [0.25, 0.3) is 5.91 Å². The Bertz CT molecular complexity index is 940. The summed E-state index contributed by atoms with van der Waals surface area (Å²) in [5.41, 5.74) is 6.07. The zero-order chi connectivity index (χ0) is 24.1. The van der Waals surface area contributed by atoms with Gasteiger partial charge < -0.3 is 20.9 Å². The minimum Gasteiger partial charge on any atom is -0.480 e. The lowest BCUT2D eigenvalue weighted by molar-refractivity contribution is -0.185. The van der Waals surface area contributed by atoms with Crippen molar-refractivity contribution in [2.75, 3.05) is 6.54 Å². The molecule has 9 nitrogen and oxygen atoms in total. The van der Waals surface area contributed by atoms with Crippen molar-refractivity contribution < 1.29 is 37.8 Å². The number of carbonyl (C=O) groups excluding carboxylic acids is 1. The summed E-state index contributed by atoms with van der Waals surface area (Å²) < 4.78 is 45.6. The molecule has 1 aromatic carbocycles. The van der Waals surface area contributed by atoms with Gasteiger partial charge in [0.1, 0.15) is 11.8 Å². The highest BCUT2D eigenvalue weighted by molar-refractivity contribution is 6.36.